The summed E-state index contributed by atoms with van der Waals surface area (Å²) in [6, 6.07) is 2.28. The largest absolute Gasteiger partial charge is 0.497 e. The van der Waals surface area contributed by atoms with E-state index in [9.17, 15) is 19.2 Å². The fourth-order valence-electron chi connectivity index (χ4n) is 3.25. The van der Waals surface area contributed by atoms with Crippen LogP contribution in [0.15, 0.2) is 30.4 Å². The highest BCUT2D eigenvalue weighted by atomic mass is 16.5. The molecule has 0 saturated carbocycles. The molecule has 1 aliphatic rings. The van der Waals surface area contributed by atoms with Crippen LogP contribution >= 0.6 is 0 Å². The maximum absolute atomic E-state index is 12.8. The molecule has 1 aromatic carbocycles. The number of methoxy groups -OCH3 is 2. The molecule has 1 aromatic rings. The average Bonchev–Trinajstić information content (AvgIpc) is 3.05. The minimum absolute atomic E-state index is 0.0341. The van der Waals surface area contributed by atoms with Crippen molar-refractivity contribution in [2.45, 2.75) is 45.8 Å². The summed E-state index contributed by atoms with van der Waals surface area (Å²) in [5.41, 5.74) is 1.20. The van der Waals surface area contributed by atoms with Crippen molar-refractivity contribution < 1.29 is 28.7 Å². The molecule has 1 unspecified atom stereocenters. The lowest BCUT2D eigenvalue weighted by molar-refractivity contribution is -0.143. The number of benzene rings is 1. The van der Waals surface area contributed by atoms with Gasteiger partial charge in [-0.3, -0.25) is 19.3 Å². The van der Waals surface area contributed by atoms with E-state index in [2.05, 4.69) is 17.2 Å². The van der Waals surface area contributed by atoms with Gasteiger partial charge >= 0.3 is 6.03 Å². The van der Waals surface area contributed by atoms with Crippen LogP contribution in [0.3, 0.4) is 0 Å². The van der Waals surface area contributed by atoms with Gasteiger partial charge in [-0.05, 0) is 35.6 Å². The Balaban J connectivity index is 2.12. The quantitative estimate of drug-likeness (QED) is 0.332. The summed E-state index contributed by atoms with van der Waals surface area (Å²) >= 11 is 0. The van der Waals surface area contributed by atoms with Crippen molar-refractivity contribution in [3.8, 4) is 11.5 Å². The number of ketones is 1. The molecular weight excluding hydrogens is 402 g/mol. The standard InChI is InChI=1S/C22H29N3O6/c1-7-17(25-21(28)18(24-22(25)29)13(4)12(2)3)19(26)20(27)23-11-14-8-15(30-5)10-16(9-14)31-6/h8-10,12,17-18H,4,7,11H2,1-3,5-6H3,(H,23,27)(H,24,29)/t17?,18-/m0/s1. The van der Waals surface area contributed by atoms with Crippen LogP contribution in [0.1, 0.15) is 32.8 Å². The third kappa shape index (κ3) is 5.22. The molecule has 1 heterocycles. The Labute approximate surface area is 181 Å². The number of Topliss-reactive ketones (excluding diaryl/α,β-unsaturated/α-hetero) is 1. The van der Waals surface area contributed by atoms with E-state index in [1.165, 1.54) is 14.2 Å². The van der Waals surface area contributed by atoms with Crippen molar-refractivity contribution in [3.63, 3.8) is 0 Å². The van der Waals surface area contributed by atoms with Gasteiger partial charge in [0.2, 0.25) is 5.78 Å². The summed E-state index contributed by atoms with van der Waals surface area (Å²) in [5.74, 6) is -1.28. The number of rotatable bonds is 10. The van der Waals surface area contributed by atoms with Crippen LogP contribution in [0.5, 0.6) is 11.5 Å². The van der Waals surface area contributed by atoms with E-state index in [0.29, 0.717) is 22.6 Å². The predicted molar refractivity (Wildman–Crippen MR) is 114 cm³/mol. The molecule has 0 aromatic heterocycles. The van der Waals surface area contributed by atoms with Gasteiger partial charge in [0.05, 0.1) is 14.2 Å². The zero-order chi connectivity index (χ0) is 23.3. The number of carbonyl (C=O) groups is 4. The van der Waals surface area contributed by atoms with Gasteiger partial charge in [-0.2, -0.15) is 0 Å². The van der Waals surface area contributed by atoms with Crippen LogP contribution in [0.4, 0.5) is 4.79 Å². The molecule has 2 atom stereocenters. The molecule has 2 rings (SSSR count). The van der Waals surface area contributed by atoms with Crippen molar-refractivity contribution in [3.05, 3.63) is 35.9 Å². The van der Waals surface area contributed by atoms with Crippen molar-refractivity contribution in [2.24, 2.45) is 5.92 Å². The Hall–Kier alpha value is -3.36. The molecule has 31 heavy (non-hydrogen) atoms. The van der Waals surface area contributed by atoms with E-state index in [4.69, 9.17) is 9.47 Å². The lowest BCUT2D eigenvalue weighted by atomic mass is 9.97. The topological polar surface area (TPSA) is 114 Å². The summed E-state index contributed by atoms with van der Waals surface area (Å²) in [6.45, 7) is 9.25. The number of hydrogen-bond acceptors (Lipinski definition) is 6. The van der Waals surface area contributed by atoms with E-state index in [1.807, 2.05) is 13.8 Å². The van der Waals surface area contributed by atoms with Crippen LogP contribution < -0.4 is 20.1 Å². The summed E-state index contributed by atoms with van der Waals surface area (Å²) in [7, 11) is 3.01. The number of ether oxygens (including phenoxy) is 2. The highest BCUT2D eigenvalue weighted by Gasteiger charge is 2.46. The van der Waals surface area contributed by atoms with Gasteiger partial charge in [-0.25, -0.2) is 4.79 Å². The molecule has 1 saturated heterocycles. The molecule has 0 spiro atoms. The molecule has 0 radical (unpaired) electrons. The fourth-order valence-corrected chi connectivity index (χ4v) is 3.25. The molecule has 2 N–H and O–H groups in total. The SMILES string of the molecule is C=C(C(C)C)[C@@H]1NC(=O)N(C(CC)C(=O)C(=O)NCc2cc(OC)cc(OC)c2)C1=O. The maximum Gasteiger partial charge on any atom is 0.325 e. The van der Waals surface area contributed by atoms with Crippen molar-refractivity contribution in [2.75, 3.05) is 14.2 Å². The lowest BCUT2D eigenvalue weighted by Gasteiger charge is -2.23. The number of nitrogens with one attached hydrogen (secondary N) is 2. The van der Waals surface area contributed by atoms with Gasteiger partial charge in [0.15, 0.2) is 0 Å². The minimum Gasteiger partial charge on any atom is -0.497 e. The fraction of sp³-hybridized carbons (Fsp3) is 0.455. The molecule has 4 amide bonds. The van der Waals surface area contributed by atoms with E-state index in [1.54, 1.807) is 25.1 Å². The number of imide groups is 1. The highest BCUT2D eigenvalue weighted by Crippen LogP contribution is 2.23. The van der Waals surface area contributed by atoms with Gasteiger partial charge in [0, 0.05) is 12.6 Å². The zero-order valence-corrected chi connectivity index (χ0v) is 18.5. The predicted octanol–water partition coefficient (Wildman–Crippen LogP) is 1.80. The number of nitrogens with zero attached hydrogens (tertiary/aromatic N) is 1. The molecule has 168 valence electrons. The van der Waals surface area contributed by atoms with Crippen LogP contribution in [0.25, 0.3) is 0 Å². The summed E-state index contributed by atoms with van der Waals surface area (Å²) in [5, 5.41) is 5.09. The van der Waals surface area contributed by atoms with Gasteiger partial charge in [-0.15, -0.1) is 0 Å². The number of urea groups is 1. The Morgan fingerprint density at radius 3 is 2.23 bits per heavy atom. The second-order valence-electron chi connectivity index (χ2n) is 7.51. The monoisotopic (exact) mass is 431 g/mol. The number of amides is 4. The maximum atomic E-state index is 12.8. The highest BCUT2D eigenvalue weighted by molar-refractivity contribution is 6.39. The Morgan fingerprint density at radius 2 is 1.74 bits per heavy atom. The first-order valence-corrected chi connectivity index (χ1v) is 10.0. The normalized spacial score (nSPS) is 16.7. The molecule has 9 nitrogen and oxygen atoms in total. The van der Waals surface area contributed by atoms with Crippen molar-refractivity contribution >= 4 is 23.6 Å². The Kier molecular flexibility index (Phi) is 7.79. The second-order valence-corrected chi connectivity index (χ2v) is 7.51. The van der Waals surface area contributed by atoms with Crippen LogP contribution in [0, 0.1) is 5.92 Å². The van der Waals surface area contributed by atoms with Crippen molar-refractivity contribution in [1.29, 1.82) is 0 Å². The van der Waals surface area contributed by atoms with Gasteiger partial charge < -0.3 is 20.1 Å². The Bertz CT molecular complexity index is 873. The minimum atomic E-state index is -1.20. The van der Waals surface area contributed by atoms with E-state index in [0.717, 1.165) is 4.90 Å². The van der Waals surface area contributed by atoms with Crippen LogP contribution in [0.2, 0.25) is 0 Å². The number of hydrogen-bond donors (Lipinski definition) is 2. The smallest absolute Gasteiger partial charge is 0.325 e. The van der Waals surface area contributed by atoms with Gasteiger partial charge in [0.25, 0.3) is 11.8 Å². The van der Waals surface area contributed by atoms with Crippen molar-refractivity contribution in [1.82, 2.24) is 15.5 Å². The first-order chi connectivity index (χ1) is 14.6. The summed E-state index contributed by atoms with van der Waals surface area (Å²) < 4.78 is 10.4. The first kappa shape index (κ1) is 23.9. The lowest BCUT2D eigenvalue weighted by Crippen LogP contribution is -2.50. The second kappa shape index (κ2) is 10.1. The zero-order valence-electron chi connectivity index (χ0n) is 18.5. The van der Waals surface area contributed by atoms with Gasteiger partial charge in [0.1, 0.15) is 23.6 Å². The molecule has 0 bridgehead atoms. The molecular formula is C22H29N3O6. The van der Waals surface area contributed by atoms with Crippen LogP contribution in [-0.2, 0) is 20.9 Å². The van der Waals surface area contributed by atoms with Crippen LogP contribution in [-0.4, -0.2) is 54.8 Å². The summed E-state index contributed by atoms with van der Waals surface area (Å²) in [6.07, 6.45) is 0.110. The molecule has 1 fully saturated rings. The van der Waals surface area contributed by atoms with E-state index >= 15 is 0 Å². The van der Waals surface area contributed by atoms with E-state index in [-0.39, 0.29) is 18.9 Å². The summed E-state index contributed by atoms with van der Waals surface area (Å²) in [4.78, 5) is 51.3. The van der Waals surface area contributed by atoms with Gasteiger partial charge in [-0.1, -0.05) is 27.4 Å². The third-order valence-electron chi connectivity index (χ3n) is 5.17. The molecule has 0 aliphatic carbocycles. The average molecular weight is 431 g/mol. The molecule has 9 heteroatoms. The Morgan fingerprint density at radius 1 is 1.16 bits per heavy atom. The number of carbonyl (C=O) groups excluding carboxylic acids is 4. The molecule has 1 aliphatic heterocycles. The van der Waals surface area contributed by atoms with E-state index < -0.39 is 35.7 Å². The first-order valence-electron chi connectivity index (χ1n) is 10.0. The third-order valence-corrected chi connectivity index (χ3v) is 5.17.